The minimum atomic E-state index is -0.707. The molecule has 0 bridgehead atoms. The highest BCUT2D eigenvalue weighted by atomic mass is 16.5. The van der Waals surface area contributed by atoms with Crippen LogP contribution in [0.3, 0.4) is 0 Å². The number of likely N-dealkylation sites (N-methyl/N-ethyl adjacent to an activating group) is 1. The number of furan rings is 1. The Morgan fingerprint density at radius 3 is 2.89 bits per heavy atom. The van der Waals surface area contributed by atoms with E-state index in [9.17, 15) is 9.90 Å². The van der Waals surface area contributed by atoms with Crippen molar-refractivity contribution in [2.45, 2.75) is 32.9 Å². The second kappa shape index (κ2) is 7.18. The third-order valence-corrected chi connectivity index (χ3v) is 2.64. The number of carbonyl (C=O) groups is 1. The molecule has 102 valence electrons. The highest BCUT2D eigenvalue weighted by molar-refractivity contribution is 5.69. The molecule has 0 saturated carbocycles. The van der Waals surface area contributed by atoms with Crippen LogP contribution in [0.5, 0.6) is 0 Å². The Labute approximate surface area is 107 Å². The van der Waals surface area contributed by atoms with Crippen LogP contribution in [0, 0.1) is 6.92 Å². The Kier molecular flexibility index (Phi) is 5.88. The maximum Gasteiger partial charge on any atom is 0.308 e. The van der Waals surface area contributed by atoms with Crippen LogP contribution in [0.2, 0.25) is 0 Å². The molecule has 1 N–H and O–H groups in total. The molecule has 1 rings (SSSR count). The van der Waals surface area contributed by atoms with E-state index >= 15 is 0 Å². The SMILES string of the molecule is CCOC(=O)CC(O)CN(C)Cc1ccoc1C. The van der Waals surface area contributed by atoms with E-state index in [0.717, 1.165) is 11.3 Å². The fourth-order valence-corrected chi connectivity index (χ4v) is 1.77. The highest BCUT2D eigenvalue weighted by Gasteiger charge is 2.14. The number of ether oxygens (including phenoxy) is 1. The summed E-state index contributed by atoms with van der Waals surface area (Å²) in [5.41, 5.74) is 1.08. The molecule has 0 amide bonds. The van der Waals surface area contributed by atoms with E-state index in [-0.39, 0.29) is 12.4 Å². The lowest BCUT2D eigenvalue weighted by molar-refractivity contribution is -0.145. The van der Waals surface area contributed by atoms with E-state index in [4.69, 9.17) is 9.15 Å². The first-order chi connectivity index (χ1) is 8.52. The first kappa shape index (κ1) is 14.7. The summed E-state index contributed by atoms with van der Waals surface area (Å²) in [7, 11) is 1.89. The zero-order chi connectivity index (χ0) is 13.5. The van der Waals surface area contributed by atoms with Gasteiger partial charge in [0.05, 0.1) is 25.4 Å². The number of rotatable bonds is 7. The van der Waals surface area contributed by atoms with Crippen molar-refractivity contribution >= 4 is 5.97 Å². The van der Waals surface area contributed by atoms with Gasteiger partial charge in [0.15, 0.2) is 0 Å². The van der Waals surface area contributed by atoms with Crippen molar-refractivity contribution in [3.8, 4) is 0 Å². The molecular weight excluding hydrogens is 234 g/mol. The Morgan fingerprint density at radius 2 is 2.33 bits per heavy atom. The standard InChI is InChI=1S/C13H21NO4/c1-4-17-13(16)7-12(15)9-14(3)8-11-5-6-18-10(11)2/h5-6,12,15H,4,7-9H2,1-3H3. The fraction of sp³-hybridized carbons (Fsp3) is 0.615. The third-order valence-electron chi connectivity index (χ3n) is 2.64. The lowest BCUT2D eigenvalue weighted by Gasteiger charge is -2.19. The molecule has 1 unspecified atom stereocenters. The first-order valence-corrected chi connectivity index (χ1v) is 6.08. The summed E-state index contributed by atoms with van der Waals surface area (Å²) in [5, 5.41) is 9.75. The van der Waals surface area contributed by atoms with Crippen LogP contribution in [-0.4, -0.2) is 42.3 Å². The quantitative estimate of drug-likeness (QED) is 0.745. The van der Waals surface area contributed by atoms with Crippen LogP contribution in [0.4, 0.5) is 0 Å². The van der Waals surface area contributed by atoms with Crippen molar-refractivity contribution < 1.29 is 19.1 Å². The van der Waals surface area contributed by atoms with Gasteiger partial charge in [-0.2, -0.15) is 0 Å². The molecule has 0 fully saturated rings. The van der Waals surface area contributed by atoms with Crippen LogP contribution in [0.15, 0.2) is 16.7 Å². The van der Waals surface area contributed by atoms with Crippen LogP contribution in [-0.2, 0) is 16.1 Å². The maximum atomic E-state index is 11.2. The van der Waals surface area contributed by atoms with Crippen LogP contribution >= 0.6 is 0 Å². The van der Waals surface area contributed by atoms with E-state index in [1.165, 1.54) is 0 Å². The van der Waals surface area contributed by atoms with Crippen molar-refractivity contribution in [3.05, 3.63) is 23.7 Å². The summed E-state index contributed by atoms with van der Waals surface area (Å²) < 4.78 is 9.99. The Morgan fingerprint density at radius 1 is 1.61 bits per heavy atom. The lowest BCUT2D eigenvalue weighted by Crippen LogP contribution is -2.30. The van der Waals surface area contributed by atoms with Gasteiger partial charge in [-0.05, 0) is 27.0 Å². The van der Waals surface area contributed by atoms with Gasteiger partial charge in [0.25, 0.3) is 0 Å². The largest absolute Gasteiger partial charge is 0.469 e. The number of aliphatic hydroxyl groups excluding tert-OH is 1. The van der Waals surface area contributed by atoms with Gasteiger partial charge in [0.1, 0.15) is 5.76 Å². The molecule has 0 spiro atoms. The number of nitrogens with zero attached hydrogens (tertiary/aromatic N) is 1. The topological polar surface area (TPSA) is 62.9 Å². The monoisotopic (exact) mass is 255 g/mol. The Balaban J connectivity index is 2.33. The highest BCUT2D eigenvalue weighted by Crippen LogP contribution is 2.11. The zero-order valence-electron chi connectivity index (χ0n) is 11.2. The molecule has 0 radical (unpaired) electrons. The summed E-state index contributed by atoms with van der Waals surface area (Å²) >= 11 is 0. The van der Waals surface area contributed by atoms with Gasteiger partial charge in [0.2, 0.25) is 0 Å². The predicted octanol–water partition coefficient (Wildman–Crippen LogP) is 1.33. The molecule has 0 aliphatic rings. The molecule has 0 aromatic carbocycles. The van der Waals surface area contributed by atoms with Crippen molar-refractivity contribution in [2.24, 2.45) is 0 Å². The average Bonchev–Trinajstić information content (AvgIpc) is 2.64. The second-order valence-electron chi connectivity index (χ2n) is 4.36. The van der Waals surface area contributed by atoms with E-state index < -0.39 is 6.10 Å². The predicted molar refractivity (Wildman–Crippen MR) is 67.0 cm³/mol. The molecule has 0 aliphatic carbocycles. The molecule has 1 aromatic rings. The smallest absolute Gasteiger partial charge is 0.308 e. The lowest BCUT2D eigenvalue weighted by atomic mass is 10.2. The van der Waals surface area contributed by atoms with Crippen LogP contribution in [0.1, 0.15) is 24.7 Å². The number of aryl methyl sites for hydroxylation is 1. The summed E-state index contributed by atoms with van der Waals surface area (Å²) in [5.74, 6) is 0.514. The van der Waals surface area contributed by atoms with Gasteiger partial charge in [0, 0.05) is 18.7 Å². The van der Waals surface area contributed by atoms with E-state index in [1.54, 1.807) is 13.2 Å². The molecule has 18 heavy (non-hydrogen) atoms. The number of hydrogen-bond donors (Lipinski definition) is 1. The number of hydrogen-bond acceptors (Lipinski definition) is 5. The summed E-state index contributed by atoms with van der Waals surface area (Å²) in [6.45, 7) is 5.09. The third kappa shape index (κ3) is 4.89. The van der Waals surface area contributed by atoms with Crippen molar-refractivity contribution in [2.75, 3.05) is 20.2 Å². The van der Waals surface area contributed by atoms with Crippen molar-refractivity contribution in [3.63, 3.8) is 0 Å². The van der Waals surface area contributed by atoms with E-state index in [0.29, 0.717) is 19.7 Å². The molecular formula is C13H21NO4. The van der Waals surface area contributed by atoms with Crippen molar-refractivity contribution in [1.29, 1.82) is 0 Å². The molecule has 1 atom stereocenters. The number of esters is 1. The van der Waals surface area contributed by atoms with Gasteiger partial charge < -0.3 is 14.3 Å². The van der Waals surface area contributed by atoms with Gasteiger partial charge in [-0.15, -0.1) is 0 Å². The zero-order valence-corrected chi connectivity index (χ0v) is 11.2. The maximum absolute atomic E-state index is 11.2. The molecule has 5 nitrogen and oxygen atoms in total. The molecule has 0 saturated heterocycles. The second-order valence-corrected chi connectivity index (χ2v) is 4.36. The fourth-order valence-electron chi connectivity index (χ4n) is 1.77. The van der Waals surface area contributed by atoms with Gasteiger partial charge in [-0.3, -0.25) is 9.69 Å². The minimum Gasteiger partial charge on any atom is -0.469 e. The van der Waals surface area contributed by atoms with E-state index in [1.807, 2.05) is 24.9 Å². The van der Waals surface area contributed by atoms with Gasteiger partial charge in [-0.1, -0.05) is 0 Å². The average molecular weight is 255 g/mol. The Bertz CT molecular complexity index is 375. The minimum absolute atomic E-state index is 0.0303. The Hall–Kier alpha value is -1.33. The van der Waals surface area contributed by atoms with Gasteiger partial charge in [-0.25, -0.2) is 0 Å². The molecule has 1 heterocycles. The van der Waals surface area contributed by atoms with Crippen LogP contribution in [0.25, 0.3) is 0 Å². The summed E-state index contributed by atoms with van der Waals surface area (Å²) in [6, 6.07) is 1.91. The number of aliphatic hydroxyl groups is 1. The molecule has 1 aromatic heterocycles. The molecule has 0 aliphatic heterocycles. The first-order valence-electron chi connectivity index (χ1n) is 6.08. The normalized spacial score (nSPS) is 12.7. The van der Waals surface area contributed by atoms with Crippen LogP contribution < -0.4 is 0 Å². The van der Waals surface area contributed by atoms with E-state index in [2.05, 4.69) is 0 Å². The van der Waals surface area contributed by atoms with Crippen molar-refractivity contribution in [1.82, 2.24) is 4.90 Å². The summed E-state index contributed by atoms with van der Waals surface area (Å²) in [4.78, 5) is 13.1. The number of carbonyl (C=O) groups excluding carboxylic acids is 1. The van der Waals surface area contributed by atoms with Gasteiger partial charge >= 0.3 is 5.97 Å². The molecule has 5 heteroatoms. The summed E-state index contributed by atoms with van der Waals surface area (Å²) in [6.07, 6.45) is 0.970.